The maximum atomic E-state index is 12.8. The van der Waals surface area contributed by atoms with Gasteiger partial charge in [-0.2, -0.15) is 0 Å². The molecule has 7 nitrogen and oxygen atoms in total. The lowest BCUT2D eigenvalue weighted by Gasteiger charge is -2.33. The van der Waals surface area contributed by atoms with Crippen molar-refractivity contribution in [1.29, 1.82) is 0 Å². The fourth-order valence-electron chi connectivity index (χ4n) is 4.03. The monoisotopic (exact) mass is 351 g/mol. The molecule has 0 saturated carbocycles. The van der Waals surface area contributed by atoms with Crippen molar-refractivity contribution in [2.75, 3.05) is 45.9 Å². The molecule has 1 unspecified atom stereocenters. The molecule has 140 valence electrons. The van der Waals surface area contributed by atoms with Gasteiger partial charge in [0.1, 0.15) is 6.10 Å². The molecule has 0 aromatic carbocycles. The first-order valence-electron chi connectivity index (χ1n) is 9.51. The minimum absolute atomic E-state index is 0.0102. The highest BCUT2D eigenvalue weighted by atomic mass is 16.5. The minimum Gasteiger partial charge on any atom is -0.368 e. The molecule has 0 spiro atoms. The summed E-state index contributed by atoms with van der Waals surface area (Å²) in [4.78, 5) is 42.3. The Morgan fingerprint density at radius 3 is 1.96 bits per heavy atom. The van der Waals surface area contributed by atoms with Gasteiger partial charge in [-0.1, -0.05) is 0 Å². The van der Waals surface area contributed by atoms with E-state index in [9.17, 15) is 14.4 Å². The average molecular weight is 351 g/mol. The van der Waals surface area contributed by atoms with Crippen LogP contribution in [0, 0.1) is 5.92 Å². The van der Waals surface area contributed by atoms with Crippen molar-refractivity contribution >= 4 is 17.7 Å². The summed E-state index contributed by atoms with van der Waals surface area (Å²) in [5.74, 6) is 0.371. The van der Waals surface area contributed by atoms with Gasteiger partial charge in [0.05, 0.1) is 0 Å². The van der Waals surface area contributed by atoms with Crippen LogP contribution in [0.1, 0.15) is 39.0 Å². The van der Waals surface area contributed by atoms with Gasteiger partial charge in [-0.15, -0.1) is 0 Å². The summed E-state index contributed by atoms with van der Waals surface area (Å²) >= 11 is 0. The molecular weight excluding hydrogens is 322 g/mol. The van der Waals surface area contributed by atoms with E-state index in [1.165, 1.54) is 0 Å². The van der Waals surface area contributed by atoms with E-state index in [1.807, 2.05) is 14.7 Å². The van der Waals surface area contributed by atoms with Crippen LogP contribution in [0.2, 0.25) is 0 Å². The SMILES string of the molecule is CC(=O)N1CCC(C(=O)N2CCCN(C(=O)C3CCCO3)CC2)CC1. The van der Waals surface area contributed by atoms with E-state index in [2.05, 4.69) is 0 Å². The molecule has 3 fully saturated rings. The third kappa shape index (κ3) is 4.32. The molecule has 3 amide bonds. The Labute approximate surface area is 149 Å². The molecule has 3 saturated heterocycles. The number of carbonyl (C=O) groups excluding carboxylic acids is 3. The number of amides is 3. The Morgan fingerprint density at radius 2 is 1.40 bits per heavy atom. The lowest BCUT2D eigenvalue weighted by atomic mass is 9.95. The molecule has 0 radical (unpaired) electrons. The van der Waals surface area contributed by atoms with Crippen molar-refractivity contribution in [2.45, 2.75) is 45.1 Å². The number of nitrogens with zero attached hydrogens (tertiary/aromatic N) is 3. The Balaban J connectivity index is 1.50. The molecular formula is C18H29N3O4. The summed E-state index contributed by atoms with van der Waals surface area (Å²) in [7, 11) is 0. The third-order valence-corrected chi connectivity index (χ3v) is 5.61. The van der Waals surface area contributed by atoms with Crippen LogP contribution in [0.5, 0.6) is 0 Å². The second kappa shape index (κ2) is 8.17. The molecule has 3 rings (SSSR count). The van der Waals surface area contributed by atoms with Crippen LogP contribution >= 0.6 is 0 Å². The zero-order valence-corrected chi connectivity index (χ0v) is 15.1. The van der Waals surface area contributed by atoms with Gasteiger partial charge in [0.15, 0.2) is 0 Å². The van der Waals surface area contributed by atoms with Crippen LogP contribution in [0.4, 0.5) is 0 Å². The smallest absolute Gasteiger partial charge is 0.251 e. The van der Waals surface area contributed by atoms with Gasteiger partial charge in [0, 0.05) is 58.7 Å². The van der Waals surface area contributed by atoms with Crippen molar-refractivity contribution in [3.63, 3.8) is 0 Å². The highest BCUT2D eigenvalue weighted by Gasteiger charge is 2.33. The maximum Gasteiger partial charge on any atom is 0.251 e. The molecule has 0 aliphatic carbocycles. The summed E-state index contributed by atoms with van der Waals surface area (Å²) in [6.45, 7) is 6.20. The van der Waals surface area contributed by atoms with E-state index < -0.39 is 0 Å². The van der Waals surface area contributed by atoms with Gasteiger partial charge in [0.2, 0.25) is 11.8 Å². The molecule has 0 aromatic rings. The van der Waals surface area contributed by atoms with E-state index >= 15 is 0 Å². The molecule has 0 bridgehead atoms. The Bertz CT molecular complexity index is 510. The van der Waals surface area contributed by atoms with Gasteiger partial charge in [-0.3, -0.25) is 14.4 Å². The molecule has 1 atom stereocenters. The van der Waals surface area contributed by atoms with Crippen molar-refractivity contribution in [3.8, 4) is 0 Å². The van der Waals surface area contributed by atoms with Crippen LogP contribution in [0.15, 0.2) is 0 Å². The lowest BCUT2D eigenvalue weighted by molar-refractivity contribution is -0.142. The number of carbonyl (C=O) groups is 3. The van der Waals surface area contributed by atoms with Crippen molar-refractivity contribution in [1.82, 2.24) is 14.7 Å². The standard InChI is InChI=1S/C18H29N3O4/c1-14(22)19-9-5-15(6-10-19)17(23)20-7-3-8-21(12-11-20)18(24)16-4-2-13-25-16/h15-16H,2-13H2,1H3. The normalized spacial score (nSPS) is 25.8. The van der Waals surface area contributed by atoms with Crippen LogP contribution in [0.25, 0.3) is 0 Å². The zero-order valence-electron chi connectivity index (χ0n) is 15.1. The van der Waals surface area contributed by atoms with Gasteiger partial charge in [0.25, 0.3) is 5.91 Å². The molecule has 3 heterocycles. The second-order valence-electron chi connectivity index (χ2n) is 7.29. The molecule has 7 heteroatoms. The number of hydrogen-bond acceptors (Lipinski definition) is 4. The van der Waals surface area contributed by atoms with E-state index in [4.69, 9.17) is 4.74 Å². The van der Waals surface area contributed by atoms with Gasteiger partial charge < -0.3 is 19.4 Å². The first-order valence-corrected chi connectivity index (χ1v) is 9.51. The Hall–Kier alpha value is -1.63. The largest absolute Gasteiger partial charge is 0.368 e. The quantitative estimate of drug-likeness (QED) is 0.726. The number of rotatable bonds is 2. The summed E-state index contributed by atoms with van der Waals surface area (Å²) in [5, 5.41) is 0. The van der Waals surface area contributed by atoms with Gasteiger partial charge >= 0.3 is 0 Å². The summed E-state index contributed by atoms with van der Waals surface area (Å²) in [6.07, 6.45) is 3.79. The predicted molar refractivity (Wildman–Crippen MR) is 91.7 cm³/mol. The summed E-state index contributed by atoms with van der Waals surface area (Å²) < 4.78 is 5.50. The average Bonchev–Trinajstić information content (AvgIpc) is 3.05. The maximum absolute atomic E-state index is 12.8. The highest BCUT2D eigenvalue weighted by molar-refractivity contribution is 5.82. The van der Waals surface area contributed by atoms with E-state index in [1.54, 1.807) is 6.92 Å². The van der Waals surface area contributed by atoms with Crippen molar-refractivity contribution < 1.29 is 19.1 Å². The van der Waals surface area contributed by atoms with Crippen molar-refractivity contribution in [2.24, 2.45) is 5.92 Å². The minimum atomic E-state index is -0.279. The summed E-state index contributed by atoms with van der Waals surface area (Å²) in [5.41, 5.74) is 0. The molecule has 0 aromatic heterocycles. The van der Waals surface area contributed by atoms with Gasteiger partial charge in [-0.05, 0) is 32.1 Å². The molecule has 3 aliphatic heterocycles. The molecule has 3 aliphatic rings. The molecule has 0 N–H and O–H groups in total. The van der Waals surface area contributed by atoms with Crippen LogP contribution in [0.3, 0.4) is 0 Å². The number of hydrogen-bond donors (Lipinski definition) is 0. The van der Waals surface area contributed by atoms with E-state index in [0.29, 0.717) is 45.9 Å². The van der Waals surface area contributed by atoms with Crippen LogP contribution < -0.4 is 0 Å². The third-order valence-electron chi connectivity index (χ3n) is 5.61. The zero-order chi connectivity index (χ0) is 17.8. The number of piperidine rings is 1. The van der Waals surface area contributed by atoms with Crippen molar-refractivity contribution in [3.05, 3.63) is 0 Å². The van der Waals surface area contributed by atoms with Crippen LogP contribution in [-0.4, -0.2) is 84.4 Å². The Kier molecular flexibility index (Phi) is 5.93. The highest BCUT2D eigenvalue weighted by Crippen LogP contribution is 2.21. The molecule has 25 heavy (non-hydrogen) atoms. The van der Waals surface area contributed by atoms with Gasteiger partial charge in [-0.25, -0.2) is 0 Å². The predicted octanol–water partition coefficient (Wildman–Crippen LogP) is 0.485. The summed E-state index contributed by atoms with van der Waals surface area (Å²) in [6, 6.07) is 0. The lowest BCUT2D eigenvalue weighted by Crippen LogP contribution is -2.45. The second-order valence-corrected chi connectivity index (χ2v) is 7.29. The van der Waals surface area contributed by atoms with Crippen LogP contribution in [-0.2, 0) is 19.1 Å². The topological polar surface area (TPSA) is 70.2 Å². The number of ether oxygens (including phenoxy) is 1. The fourth-order valence-corrected chi connectivity index (χ4v) is 4.03. The van der Waals surface area contributed by atoms with E-state index in [-0.39, 0.29) is 29.7 Å². The van der Waals surface area contributed by atoms with E-state index in [0.717, 1.165) is 32.1 Å². The number of likely N-dealkylation sites (tertiary alicyclic amines) is 1. The first kappa shape index (κ1) is 18.2. The fraction of sp³-hybridized carbons (Fsp3) is 0.833. The Morgan fingerprint density at radius 1 is 0.760 bits per heavy atom. The first-order chi connectivity index (χ1) is 12.1.